The van der Waals surface area contributed by atoms with Crippen LogP contribution < -0.4 is 5.32 Å². The zero-order valence-electron chi connectivity index (χ0n) is 14.4. The number of aromatic nitrogens is 4. The second-order valence-corrected chi connectivity index (χ2v) is 7.13. The number of carbonyl (C=O) groups is 1. The molecule has 1 aromatic carbocycles. The Morgan fingerprint density at radius 2 is 2.00 bits per heavy atom. The molecule has 1 N–H and O–H groups in total. The lowest BCUT2D eigenvalue weighted by atomic mass is 9.85. The molecule has 0 amide bonds. The van der Waals surface area contributed by atoms with Gasteiger partial charge < -0.3 is 5.32 Å². The predicted molar refractivity (Wildman–Crippen MR) is 102 cm³/mol. The third kappa shape index (κ3) is 2.73. The van der Waals surface area contributed by atoms with Crippen molar-refractivity contribution >= 4 is 23.3 Å². The van der Waals surface area contributed by atoms with Crippen LogP contribution in [0.5, 0.6) is 0 Å². The molecular weight excluding hydrogens is 362 g/mol. The van der Waals surface area contributed by atoms with Crippen LogP contribution in [0.1, 0.15) is 30.9 Å². The number of hydrogen-bond acceptors (Lipinski definition) is 5. The largest absolute Gasteiger partial charge is 0.328 e. The van der Waals surface area contributed by atoms with Crippen LogP contribution in [0.3, 0.4) is 0 Å². The first-order valence-electron chi connectivity index (χ1n) is 8.86. The van der Waals surface area contributed by atoms with Crippen molar-refractivity contribution in [1.82, 2.24) is 19.7 Å². The van der Waals surface area contributed by atoms with E-state index in [0.717, 1.165) is 35.2 Å². The SMILES string of the molecule is O=C1CCCC2=C1[C@H](c1ccc(Cl)cc1)n1nc(-c3cccnc3)nc1N2. The molecule has 0 fully saturated rings. The molecule has 3 aromatic rings. The van der Waals surface area contributed by atoms with E-state index in [1.165, 1.54) is 0 Å². The summed E-state index contributed by atoms with van der Waals surface area (Å²) in [5, 5.41) is 8.70. The zero-order chi connectivity index (χ0) is 18.4. The number of carbonyl (C=O) groups excluding carboxylic acids is 1. The lowest BCUT2D eigenvalue weighted by Crippen LogP contribution is -2.31. The molecule has 0 spiro atoms. The van der Waals surface area contributed by atoms with Gasteiger partial charge >= 0.3 is 0 Å². The first-order valence-corrected chi connectivity index (χ1v) is 9.24. The highest BCUT2D eigenvalue weighted by Gasteiger charge is 2.36. The van der Waals surface area contributed by atoms with E-state index in [9.17, 15) is 4.79 Å². The van der Waals surface area contributed by atoms with E-state index < -0.39 is 0 Å². The first kappa shape index (κ1) is 16.2. The Morgan fingerprint density at radius 1 is 1.15 bits per heavy atom. The monoisotopic (exact) mass is 377 g/mol. The van der Waals surface area contributed by atoms with Gasteiger partial charge in [-0.2, -0.15) is 4.98 Å². The fourth-order valence-electron chi connectivity index (χ4n) is 3.73. The Hall–Kier alpha value is -2.99. The van der Waals surface area contributed by atoms with Gasteiger partial charge in [0.05, 0.1) is 0 Å². The second kappa shape index (κ2) is 6.32. The van der Waals surface area contributed by atoms with Crippen LogP contribution in [-0.4, -0.2) is 25.5 Å². The Balaban J connectivity index is 1.68. The molecule has 5 rings (SSSR count). The molecular formula is C20H16ClN5O. The number of nitrogens with zero attached hydrogens (tertiary/aromatic N) is 4. The Labute approximate surface area is 160 Å². The topological polar surface area (TPSA) is 72.7 Å². The molecule has 7 heteroatoms. The average Bonchev–Trinajstić information content (AvgIpc) is 3.12. The van der Waals surface area contributed by atoms with Gasteiger partial charge in [-0.3, -0.25) is 9.78 Å². The summed E-state index contributed by atoms with van der Waals surface area (Å²) in [7, 11) is 0. The maximum Gasteiger partial charge on any atom is 0.226 e. The van der Waals surface area contributed by atoms with E-state index in [0.29, 0.717) is 23.2 Å². The molecule has 0 unspecified atom stereocenters. The number of nitrogens with one attached hydrogen (secondary N) is 1. The summed E-state index contributed by atoms with van der Waals surface area (Å²) in [6, 6.07) is 11.0. The fourth-order valence-corrected chi connectivity index (χ4v) is 3.85. The normalized spacial score (nSPS) is 18.7. The van der Waals surface area contributed by atoms with Crippen LogP contribution in [0, 0.1) is 0 Å². The molecule has 134 valence electrons. The van der Waals surface area contributed by atoms with E-state index >= 15 is 0 Å². The number of ketones is 1. The molecule has 0 radical (unpaired) electrons. The van der Waals surface area contributed by atoms with E-state index in [-0.39, 0.29) is 11.8 Å². The van der Waals surface area contributed by atoms with Crippen molar-refractivity contribution in [3.05, 3.63) is 70.6 Å². The van der Waals surface area contributed by atoms with Crippen molar-refractivity contribution in [2.24, 2.45) is 0 Å². The number of hydrogen-bond donors (Lipinski definition) is 1. The summed E-state index contributed by atoms with van der Waals surface area (Å²) in [4.78, 5) is 21.6. The van der Waals surface area contributed by atoms with Crippen LogP contribution in [0.25, 0.3) is 11.4 Å². The number of allylic oxidation sites excluding steroid dienone is 2. The lowest BCUT2D eigenvalue weighted by molar-refractivity contribution is -0.116. The number of rotatable bonds is 2. The maximum absolute atomic E-state index is 12.8. The van der Waals surface area contributed by atoms with Crippen molar-refractivity contribution in [3.63, 3.8) is 0 Å². The van der Waals surface area contributed by atoms with Crippen molar-refractivity contribution in [2.75, 3.05) is 5.32 Å². The Bertz CT molecular complexity index is 1060. The summed E-state index contributed by atoms with van der Waals surface area (Å²) in [6.07, 6.45) is 5.69. The van der Waals surface area contributed by atoms with E-state index in [4.69, 9.17) is 16.7 Å². The van der Waals surface area contributed by atoms with Gasteiger partial charge in [0.2, 0.25) is 5.95 Å². The molecule has 2 aromatic heterocycles. The molecule has 6 nitrogen and oxygen atoms in total. The summed E-state index contributed by atoms with van der Waals surface area (Å²) in [5.74, 6) is 1.38. The van der Waals surface area contributed by atoms with Gasteiger partial charge in [0.25, 0.3) is 0 Å². The van der Waals surface area contributed by atoms with E-state index in [2.05, 4.69) is 15.3 Å². The Morgan fingerprint density at radius 3 is 2.78 bits per heavy atom. The minimum atomic E-state index is -0.306. The molecule has 0 bridgehead atoms. The molecule has 3 heterocycles. The third-order valence-electron chi connectivity index (χ3n) is 4.97. The number of fused-ring (bicyclic) bond motifs is 1. The van der Waals surface area contributed by atoms with Crippen LogP contribution in [-0.2, 0) is 4.79 Å². The van der Waals surface area contributed by atoms with Gasteiger partial charge in [-0.15, -0.1) is 5.10 Å². The Kier molecular flexibility index (Phi) is 3.79. The molecule has 0 saturated carbocycles. The number of Topliss-reactive ketones (excluding diaryl/α,β-unsaturated/α-hetero) is 1. The second-order valence-electron chi connectivity index (χ2n) is 6.69. The molecule has 27 heavy (non-hydrogen) atoms. The number of anilines is 1. The summed E-state index contributed by atoms with van der Waals surface area (Å²) < 4.78 is 1.80. The number of benzene rings is 1. The van der Waals surface area contributed by atoms with Gasteiger partial charge in [0.15, 0.2) is 11.6 Å². The maximum atomic E-state index is 12.8. The van der Waals surface area contributed by atoms with E-state index in [1.54, 1.807) is 17.1 Å². The van der Waals surface area contributed by atoms with Gasteiger partial charge in [-0.1, -0.05) is 23.7 Å². The predicted octanol–water partition coefficient (Wildman–Crippen LogP) is 4.02. The molecule has 2 aliphatic rings. The fraction of sp³-hybridized carbons (Fsp3) is 0.200. The van der Waals surface area contributed by atoms with Crippen molar-refractivity contribution in [1.29, 1.82) is 0 Å². The molecule has 1 aliphatic carbocycles. The van der Waals surface area contributed by atoms with Gasteiger partial charge in [-0.05, 0) is 42.7 Å². The van der Waals surface area contributed by atoms with Crippen LogP contribution >= 0.6 is 11.6 Å². The smallest absolute Gasteiger partial charge is 0.226 e. The van der Waals surface area contributed by atoms with Crippen LogP contribution in [0.4, 0.5) is 5.95 Å². The third-order valence-corrected chi connectivity index (χ3v) is 5.23. The van der Waals surface area contributed by atoms with E-state index in [1.807, 2.05) is 36.4 Å². The van der Waals surface area contributed by atoms with Crippen molar-refractivity contribution < 1.29 is 4.79 Å². The summed E-state index contributed by atoms with van der Waals surface area (Å²) in [5.41, 5.74) is 3.52. The molecule has 0 saturated heterocycles. The van der Waals surface area contributed by atoms with Gasteiger partial charge in [0.1, 0.15) is 6.04 Å². The minimum absolute atomic E-state index is 0.160. The quantitative estimate of drug-likeness (QED) is 0.730. The average molecular weight is 378 g/mol. The highest BCUT2D eigenvalue weighted by Crippen LogP contribution is 2.40. The van der Waals surface area contributed by atoms with Gasteiger partial charge in [-0.25, -0.2) is 4.68 Å². The minimum Gasteiger partial charge on any atom is -0.328 e. The van der Waals surface area contributed by atoms with Crippen molar-refractivity contribution in [3.8, 4) is 11.4 Å². The van der Waals surface area contributed by atoms with Crippen LogP contribution in [0.15, 0.2) is 60.1 Å². The molecule has 1 aliphatic heterocycles. The number of halogens is 1. The van der Waals surface area contributed by atoms with Gasteiger partial charge in [0, 0.05) is 40.7 Å². The zero-order valence-corrected chi connectivity index (χ0v) is 15.1. The van der Waals surface area contributed by atoms with Crippen molar-refractivity contribution in [2.45, 2.75) is 25.3 Å². The highest BCUT2D eigenvalue weighted by atomic mass is 35.5. The highest BCUT2D eigenvalue weighted by molar-refractivity contribution is 6.30. The standard InChI is InChI=1S/C20H16ClN5O/c21-14-8-6-12(7-9-14)18-17-15(4-1-5-16(17)27)23-20-24-19(25-26(18)20)13-3-2-10-22-11-13/h2-3,6-11,18H,1,4-5H2,(H,23,24,25)/t18-/m0/s1. The lowest BCUT2D eigenvalue weighted by Gasteiger charge is -2.32. The summed E-state index contributed by atoms with van der Waals surface area (Å²) in [6.45, 7) is 0. The molecule has 1 atom stereocenters. The first-order chi connectivity index (χ1) is 13.2. The summed E-state index contributed by atoms with van der Waals surface area (Å²) >= 11 is 6.07. The van der Waals surface area contributed by atoms with Crippen LogP contribution in [0.2, 0.25) is 5.02 Å². The number of pyridine rings is 1.